The predicted molar refractivity (Wildman–Crippen MR) is 69.9 cm³/mol. The summed E-state index contributed by atoms with van der Waals surface area (Å²) in [6.45, 7) is 6.36. The number of aromatic nitrogens is 4. The van der Waals surface area contributed by atoms with Gasteiger partial charge in [0.2, 0.25) is 0 Å². The van der Waals surface area contributed by atoms with Gasteiger partial charge >= 0.3 is 0 Å². The average molecular weight is 252 g/mol. The summed E-state index contributed by atoms with van der Waals surface area (Å²) in [4.78, 5) is 18.5. The molecule has 18 heavy (non-hydrogen) atoms. The highest BCUT2D eigenvalue weighted by Crippen LogP contribution is 2.11. The van der Waals surface area contributed by atoms with Gasteiger partial charge < -0.3 is 0 Å². The lowest BCUT2D eigenvalue weighted by atomic mass is 10.0. The summed E-state index contributed by atoms with van der Waals surface area (Å²) in [6, 6.07) is 1.37. The Hall–Kier alpha value is -1.73. The lowest BCUT2D eigenvalue weighted by Crippen LogP contribution is -2.45. The molecule has 7 heteroatoms. The van der Waals surface area contributed by atoms with Gasteiger partial charge in [0.05, 0.1) is 0 Å². The highest BCUT2D eigenvalue weighted by molar-refractivity contribution is 5.22. The number of hydrogen-bond donors (Lipinski definition) is 2. The van der Waals surface area contributed by atoms with Crippen LogP contribution in [0.1, 0.15) is 27.2 Å². The largest absolute Gasteiger partial charge is 0.278 e. The van der Waals surface area contributed by atoms with Gasteiger partial charge in [0, 0.05) is 24.8 Å². The number of fused-ring (bicyclic) bond motifs is 1. The first-order valence-electron chi connectivity index (χ1n) is 5.74. The molecule has 0 spiro atoms. The van der Waals surface area contributed by atoms with Gasteiger partial charge in [-0.2, -0.15) is 4.52 Å². The van der Waals surface area contributed by atoms with E-state index in [1.807, 2.05) is 7.05 Å². The van der Waals surface area contributed by atoms with E-state index in [1.165, 1.54) is 23.1 Å². The van der Waals surface area contributed by atoms with Crippen LogP contribution in [-0.4, -0.2) is 37.2 Å². The average Bonchev–Trinajstić information content (AvgIpc) is 2.79. The minimum atomic E-state index is -0.150. The molecule has 0 aliphatic heterocycles. The van der Waals surface area contributed by atoms with E-state index in [2.05, 4.69) is 35.8 Å². The van der Waals surface area contributed by atoms with Crippen molar-refractivity contribution in [3.8, 4) is 0 Å². The molecule has 2 rings (SSSR count). The third-order valence-electron chi connectivity index (χ3n) is 3.01. The van der Waals surface area contributed by atoms with E-state index in [1.54, 1.807) is 5.01 Å². The molecule has 0 aliphatic rings. The van der Waals surface area contributed by atoms with Crippen molar-refractivity contribution in [3.63, 3.8) is 0 Å². The first-order chi connectivity index (χ1) is 8.38. The smallest absolute Gasteiger partial charge is 0.273 e. The Kier molecular flexibility index (Phi) is 4.57. The summed E-state index contributed by atoms with van der Waals surface area (Å²) in [6.07, 6.45) is 3.93. The fourth-order valence-electron chi connectivity index (χ4n) is 1.00. The number of aromatic amines is 1. The van der Waals surface area contributed by atoms with Gasteiger partial charge in [-0.15, -0.1) is 0 Å². The van der Waals surface area contributed by atoms with E-state index >= 15 is 0 Å². The summed E-state index contributed by atoms with van der Waals surface area (Å²) in [7, 11) is 1.89. The zero-order valence-electron chi connectivity index (χ0n) is 11.2. The molecular formula is C11H20N6O. The van der Waals surface area contributed by atoms with E-state index < -0.39 is 0 Å². The van der Waals surface area contributed by atoms with Gasteiger partial charge in [-0.05, 0) is 20.3 Å². The van der Waals surface area contributed by atoms with Gasteiger partial charge in [-0.25, -0.2) is 15.0 Å². The number of nitrogens with two attached hydrogens (primary N) is 1. The molecule has 0 radical (unpaired) electrons. The molecule has 0 aliphatic carbocycles. The monoisotopic (exact) mass is 252 g/mol. The molecule has 7 nitrogen and oxygen atoms in total. The Morgan fingerprint density at radius 2 is 2.17 bits per heavy atom. The zero-order valence-corrected chi connectivity index (χ0v) is 11.2. The number of hydrazine groups is 1. The molecule has 0 atom stereocenters. The van der Waals surface area contributed by atoms with Crippen LogP contribution in [0.2, 0.25) is 0 Å². The second-order valence-corrected chi connectivity index (χ2v) is 4.58. The van der Waals surface area contributed by atoms with Crippen molar-refractivity contribution in [1.29, 1.82) is 0 Å². The number of rotatable bonds is 2. The third-order valence-corrected chi connectivity index (χ3v) is 3.01. The minimum Gasteiger partial charge on any atom is -0.278 e. The Morgan fingerprint density at radius 3 is 2.61 bits per heavy atom. The molecule has 2 aromatic rings. The van der Waals surface area contributed by atoms with Crippen molar-refractivity contribution in [3.05, 3.63) is 28.9 Å². The summed E-state index contributed by atoms with van der Waals surface area (Å²) in [5.41, 5.74) is 0.00231. The first kappa shape index (κ1) is 14.3. The van der Waals surface area contributed by atoms with Crippen LogP contribution in [0.15, 0.2) is 23.4 Å². The van der Waals surface area contributed by atoms with Crippen LogP contribution in [0.5, 0.6) is 0 Å². The normalized spacial score (nSPS) is 11.4. The second kappa shape index (κ2) is 5.74. The van der Waals surface area contributed by atoms with Crippen LogP contribution in [0.4, 0.5) is 0 Å². The van der Waals surface area contributed by atoms with E-state index in [0.717, 1.165) is 6.42 Å². The number of H-pyrrole nitrogens is 1. The van der Waals surface area contributed by atoms with E-state index in [0.29, 0.717) is 5.78 Å². The number of nitrogens with zero attached hydrogens (tertiary/aromatic N) is 4. The Labute approximate surface area is 106 Å². The molecule has 0 unspecified atom stereocenters. The van der Waals surface area contributed by atoms with Gasteiger partial charge in [-0.3, -0.25) is 15.7 Å². The maximum atomic E-state index is 10.9. The van der Waals surface area contributed by atoms with Gasteiger partial charge in [0.25, 0.3) is 11.3 Å². The summed E-state index contributed by atoms with van der Waals surface area (Å²) in [5, 5.41) is 4.36. The number of nitrogens with one attached hydrogen (secondary N) is 1. The van der Waals surface area contributed by atoms with Crippen molar-refractivity contribution in [1.82, 2.24) is 24.6 Å². The van der Waals surface area contributed by atoms with Crippen LogP contribution in [0.25, 0.3) is 5.78 Å². The van der Waals surface area contributed by atoms with E-state index in [-0.39, 0.29) is 11.1 Å². The molecular weight excluding hydrogens is 232 g/mol. The highest BCUT2D eigenvalue weighted by atomic mass is 16.1. The Balaban J connectivity index is 0.000000187. The first-order valence-corrected chi connectivity index (χ1v) is 5.74. The topological polar surface area (TPSA) is 92.3 Å². The van der Waals surface area contributed by atoms with Crippen molar-refractivity contribution in [2.75, 3.05) is 7.05 Å². The van der Waals surface area contributed by atoms with Crippen molar-refractivity contribution < 1.29 is 0 Å². The van der Waals surface area contributed by atoms with E-state index in [9.17, 15) is 4.79 Å². The van der Waals surface area contributed by atoms with Crippen LogP contribution >= 0.6 is 0 Å². The van der Waals surface area contributed by atoms with Crippen LogP contribution < -0.4 is 11.4 Å². The Bertz CT molecular complexity index is 541. The summed E-state index contributed by atoms with van der Waals surface area (Å²) >= 11 is 0. The Morgan fingerprint density at radius 1 is 1.50 bits per heavy atom. The van der Waals surface area contributed by atoms with Gasteiger partial charge in [0.1, 0.15) is 6.33 Å². The standard InChI is InChI=1S/C6H16N2.C5H4N4O/c1-5-6(2,3)8(4)7;10-4-1-2-6-5-7-3-8-9(4)5/h5,7H2,1-4H3;1-3H,(H,6,7,8). The molecule has 100 valence electrons. The zero-order chi connectivity index (χ0) is 13.8. The molecule has 0 saturated heterocycles. The van der Waals surface area contributed by atoms with Gasteiger partial charge in [0.15, 0.2) is 0 Å². The fourth-order valence-corrected chi connectivity index (χ4v) is 1.00. The summed E-state index contributed by atoms with van der Waals surface area (Å²) < 4.78 is 1.26. The van der Waals surface area contributed by atoms with Crippen LogP contribution in [0, 0.1) is 0 Å². The van der Waals surface area contributed by atoms with Crippen molar-refractivity contribution >= 4 is 5.78 Å². The van der Waals surface area contributed by atoms with Crippen molar-refractivity contribution in [2.45, 2.75) is 32.7 Å². The number of hydrogen-bond acceptors (Lipinski definition) is 5. The molecule has 2 aromatic heterocycles. The van der Waals surface area contributed by atoms with Crippen molar-refractivity contribution in [2.24, 2.45) is 5.84 Å². The molecule has 3 N–H and O–H groups in total. The van der Waals surface area contributed by atoms with Gasteiger partial charge in [-0.1, -0.05) is 6.92 Å². The fraction of sp³-hybridized carbons (Fsp3) is 0.545. The second-order valence-electron chi connectivity index (χ2n) is 4.58. The third kappa shape index (κ3) is 3.38. The molecule has 0 fully saturated rings. The predicted octanol–water partition coefficient (Wildman–Crippen LogP) is 0.398. The molecule has 2 heterocycles. The minimum absolute atomic E-state index is 0.150. The van der Waals surface area contributed by atoms with Crippen LogP contribution in [-0.2, 0) is 0 Å². The van der Waals surface area contributed by atoms with E-state index in [4.69, 9.17) is 5.84 Å². The molecule has 0 saturated carbocycles. The maximum Gasteiger partial charge on any atom is 0.273 e. The highest BCUT2D eigenvalue weighted by Gasteiger charge is 2.16. The van der Waals surface area contributed by atoms with Crippen LogP contribution in [0.3, 0.4) is 0 Å². The molecule has 0 bridgehead atoms. The molecule has 0 aromatic carbocycles. The quantitative estimate of drug-likeness (QED) is 0.596. The molecule has 0 amide bonds. The SMILES string of the molecule is CCC(C)(C)N(C)N.O=c1ccnc2nc[nH]n12. The maximum absolute atomic E-state index is 10.9. The lowest BCUT2D eigenvalue weighted by molar-refractivity contribution is 0.154. The lowest BCUT2D eigenvalue weighted by Gasteiger charge is -2.30. The summed E-state index contributed by atoms with van der Waals surface area (Å²) in [5.74, 6) is 5.91.